The van der Waals surface area contributed by atoms with Crippen LogP contribution in [0.15, 0.2) is 77.6 Å². The van der Waals surface area contributed by atoms with E-state index in [-0.39, 0.29) is 23.3 Å². The van der Waals surface area contributed by atoms with Crippen molar-refractivity contribution >= 4 is 26.8 Å². The molecule has 0 aliphatic heterocycles. The zero-order chi connectivity index (χ0) is 28.4. The Morgan fingerprint density at radius 1 is 0.897 bits per heavy atom. The molecule has 0 aliphatic rings. The first kappa shape index (κ1) is 28.6. The summed E-state index contributed by atoms with van der Waals surface area (Å²) in [5.41, 5.74) is -6.02. The lowest BCUT2D eigenvalue weighted by atomic mass is 9.92. The molecule has 39 heavy (non-hydrogen) atoms. The molecule has 4 rings (SSSR count). The predicted octanol–water partition coefficient (Wildman–Crippen LogP) is 6.45. The summed E-state index contributed by atoms with van der Waals surface area (Å²) in [4.78, 5) is 18.3. The Kier molecular flexibility index (Phi) is 8.08. The summed E-state index contributed by atoms with van der Waals surface area (Å²) in [6.45, 7) is 0.382. The molecule has 0 spiro atoms. The van der Waals surface area contributed by atoms with E-state index < -0.39 is 29.1 Å². The predicted molar refractivity (Wildman–Crippen MR) is 137 cm³/mol. The molecule has 0 saturated carbocycles. The van der Waals surface area contributed by atoms with E-state index >= 15 is 0 Å². The molecule has 1 aromatic heterocycles. The molecule has 0 atom stereocenters. The Balaban J connectivity index is 1.87. The standard InChI is InChI=1S/C27H21BrF6N2O3/c28-13-4-14-39-20-11-12-22-21(16-20)24(37)36(23(35-22)15-17-5-2-1-3-6-17)19-9-7-18(8-10-19)25(38,26(29,30)31)27(32,33)34/h1-3,5-12,16,38H,4,13-15H2. The largest absolute Gasteiger partial charge is 0.494 e. The minimum absolute atomic E-state index is 0.0265. The van der Waals surface area contributed by atoms with Crippen LogP contribution in [0.2, 0.25) is 0 Å². The van der Waals surface area contributed by atoms with Crippen LogP contribution in [0, 0.1) is 0 Å². The number of benzene rings is 3. The number of halogens is 7. The van der Waals surface area contributed by atoms with E-state index in [0.29, 0.717) is 41.8 Å². The fourth-order valence-corrected chi connectivity index (χ4v) is 4.28. The van der Waals surface area contributed by atoms with Crippen LogP contribution >= 0.6 is 15.9 Å². The van der Waals surface area contributed by atoms with Crippen LogP contribution < -0.4 is 10.3 Å². The number of ether oxygens (including phenoxy) is 1. The van der Waals surface area contributed by atoms with Crippen molar-refractivity contribution in [1.29, 1.82) is 0 Å². The summed E-state index contributed by atoms with van der Waals surface area (Å²) in [7, 11) is 0. The highest BCUT2D eigenvalue weighted by Crippen LogP contribution is 2.50. The van der Waals surface area contributed by atoms with Crippen LogP contribution in [0.25, 0.3) is 16.6 Å². The van der Waals surface area contributed by atoms with Gasteiger partial charge in [-0.1, -0.05) is 58.4 Å². The third kappa shape index (κ3) is 5.67. The fraction of sp³-hybridized carbons (Fsp3) is 0.259. The van der Waals surface area contributed by atoms with Crippen molar-refractivity contribution < 1.29 is 36.2 Å². The van der Waals surface area contributed by atoms with Crippen molar-refractivity contribution in [3.8, 4) is 11.4 Å². The zero-order valence-electron chi connectivity index (χ0n) is 20.1. The lowest BCUT2D eigenvalue weighted by Gasteiger charge is -2.32. The smallest absolute Gasteiger partial charge is 0.430 e. The van der Waals surface area contributed by atoms with E-state index in [2.05, 4.69) is 20.9 Å². The van der Waals surface area contributed by atoms with Crippen LogP contribution in [0.4, 0.5) is 26.3 Å². The number of rotatable bonds is 8. The van der Waals surface area contributed by atoms with Crippen molar-refractivity contribution in [2.24, 2.45) is 0 Å². The Morgan fingerprint density at radius 3 is 2.13 bits per heavy atom. The maximum absolute atomic E-state index is 13.7. The zero-order valence-corrected chi connectivity index (χ0v) is 21.6. The molecule has 12 heteroatoms. The Bertz CT molecular complexity index is 1490. The average Bonchev–Trinajstić information content (AvgIpc) is 2.88. The van der Waals surface area contributed by atoms with Crippen LogP contribution in [0.1, 0.15) is 23.4 Å². The summed E-state index contributed by atoms with van der Waals surface area (Å²) >= 11 is 3.30. The number of fused-ring (bicyclic) bond motifs is 1. The van der Waals surface area contributed by atoms with Gasteiger partial charge < -0.3 is 9.84 Å². The number of nitrogens with zero attached hydrogens (tertiary/aromatic N) is 2. The van der Waals surface area contributed by atoms with Crippen LogP contribution in [0.3, 0.4) is 0 Å². The highest BCUT2D eigenvalue weighted by molar-refractivity contribution is 9.09. The van der Waals surface area contributed by atoms with Gasteiger partial charge >= 0.3 is 12.4 Å². The van der Waals surface area contributed by atoms with Gasteiger partial charge in [0.1, 0.15) is 11.6 Å². The van der Waals surface area contributed by atoms with Crippen molar-refractivity contribution in [2.45, 2.75) is 30.8 Å². The maximum atomic E-state index is 13.7. The first-order chi connectivity index (χ1) is 18.4. The van der Waals surface area contributed by atoms with Crippen molar-refractivity contribution in [3.63, 3.8) is 0 Å². The minimum atomic E-state index is -6.03. The van der Waals surface area contributed by atoms with Gasteiger partial charge in [-0.05, 0) is 42.3 Å². The number of aliphatic hydroxyl groups is 1. The first-order valence-corrected chi connectivity index (χ1v) is 12.7. The van der Waals surface area contributed by atoms with Gasteiger partial charge in [0, 0.05) is 17.3 Å². The molecule has 0 saturated heterocycles. The number of hydrogen-bond donors (Lipinski definition) is 1. The number of hydrogen-bond acceptors (Lipinski definition) is 4. The van der Waals surface area contributed by atoms with Gasteiger partial charge in [-0.15, -0.1) is 0 Å². The molecular formula is C27H21BrF6N2O3. The Labute approximate surface area is 226 Å². The normalized spacial score (nSPS) is 12.6. The van der Waals surface area contributed by atoms with Gasteiger partial charge in [-0.2, -0.15) is 26.3 Å². The number of alkyl halides is 7. The maximum Gasteiger partial charge on any atom is 0.430 e. The molecule has 4 aromatic rings. The lowest BCUT2D eigenvalue weighted by molar-refractivity contribution is -0.376. The molecule has 0 aliphatic carbocycles. The van der Waals surface area contributed by atoms with Crippen LogP contribution in [0.5, 0.6) is 5.75 Å². The van der Waals surface area contributed by atoms with Crippen molar-refractivity contribution in [2.75, 3.05) is 11.9 Å². The summed E-state index contributed by atoms with van der Waals surface area (Å²) < 4.78 is 86.9. The van der Waals surface area contributed by atoms with E-state index in [1.165, 1.54) is 6.07 Å². The van der Waals surface area contributed by atoms with Gasteiger partial charge in [0.15, 0.2) is 0 Å². The molecule has 206 valence electrons. The highest BCUT2D eigenvalue weighted by Gasteiger charge is 2.71. The highest BCUT2D eigenvalue weighted by atomic mass is 79.9. The molecule has 3 aromatic carbocycles. The van der Waals surface area contributed by atoms with Gasteiger partial charge in [0.25, 0.3) is 11.2 Å². The van der Waals surface area contributed by atoms with Gasteiger partial charge in [0.05, 0.1) is 23.2 Å². The molecule has 0 fully saturated rings. The molecule has 1 heterocycles. The summed E-state index contributed by atoms with van der Waals surface area (Å²) in [6, 6.07) is 16.5. The Hall–Kier alpha value is -3.38. The SMILES string of the molecule is O=c1c2cc(OCCCBr)ccc2nc(Cc2ccccc2)n1-c1ccc(C(O)(C(F)(F)F)C(F)(F)F)cc1. The second kappa shape index (κ2) is 11.0. The lowest BCUT2D eigenvalue weighted by Crippen LogP contribution is -2.53. The van der Waals surface area contributed by atoms with Crippen molar-refractivity contribution in [1.82, 2.24) is 9.55 Å². The second-order valence-electron chi connectivity index (χ2n) is 8.65. The molecule has 5 nitrogen and oxygen atoms in total. The molecule has 1 N–H and O–H groups in total. The van der Waals surface area contributed by atoms with E-state index in [1.54, 1.807) is 42.5 Å². The average molecular weight is 615 g/mol. The second-order valence-corrected chi connectivity index (χ2v) is 9.45. The van der Waals surface area contributed by atoms with E-state index in [4.69, 9.17) is 4.74 Å². The van der Waals surface area contributed by atoms with E-state index in [0.717, 1.165) is 22.3 Å². The molecule has 0 unspecified atom stereocenters. The first-order valence-electron chi connectivity index (χ1n) is 11.6. The van der Waals surface area contributed by atoms with Gasteiger partial charge in [-0.3, -0.25) is 9.36 Å². The molecule has 0 bridgehead atoms. The molecule has 0 amide bonds. The number of aromatic nitrogens is 2. The quantitative estimate of drug-likeness (QED) is 0.141. The fourth-order valence-electron chi connectivity index (χ4n) is 4.05. The summed E-state index contributed by atoms with van der Waals surface area (Å²) in [6.07, 6.45) is -11.2. The molecular weight excluding hydrogens is 594 g/mol. The summed E-state index contributed by atoms with van der Waals surface area (Å²) in [5.74, 6) is 0.613. The van der Waals surface area contributed by atoms with Gasteiger partial charge in [0.2, 0.25) is 0 Å². The molecule has 0 radical (unpaired) electrons. The monoisotopic (exact) mass is 614 g/mol. The van der Waals surface area contributed by atoms with Gasteiger partial charge in [-0.25, -0.2) is 4.98 Å². The third-order valence-corrected chi connectivity index (χ3v) is 6.59. The van der Waals surface area contributed by atoms with Crippen LogP contribution in [-0.2, 0) is 12.0 Å². The third-order valence-electron chi connectivity index (χ3n) is 6.02. The minimum Gasteiger partial charge on any atom is -0.494 e. The van der Waals surface area contributed by atoms with Crippen LogP contribution in [-0.4, -0.2) is 38.9 Å². The topological polar surface area (TPSA) is 64.3 Å². The van der Waals surface area contributed by atoms with E-state index in [9.17, 15) is 36.2 Å². The summed E-state index contributed by atoms with van der Waals surface area (Å²) in [5, 5.41) is 10.6. The van der Waals surface area contributed by atoms with Crippen molar-refractivity contribution in [3.05, 3.63) is 100 Å². The Morgan fingerprint density at radius 2 is 1.54 bits per heavy atom. The van der Waals surface area contributed by atoms with E-state index in [1.807, 2.05) is 0 Å².